The van der Waals surface area contributed by atoms with Crippen molar-refractivity contribution >= 4 is 23.0 Å². The van der Waals surface area contributed by atoms with Crippen molar-refractivity contribution in [2.75, 3.05) is 13.7 Å². The van der Waals surface area contributed by atoms with E-state index in [1.54, 1.807) is 75.3 Å². The van der Waals surface area contributed by atoms with E-state index in [2.05, 4.69) is 10.1 Å². The molecule has 174 valence electrons. The minimum absolute atomic E-state index is 0.110. The van der Waals surface area contributed by atoms with Gasteiger partial charge in [0.1, 0.15) is 17.1 Å². The van der Waals surface area contributed by atoms with Gasteiger partial charge in [0.05, 0.1) is 12.6 Å². The Morgan fingerprint density at radius 3 is 2.64 bits per heavy atom. The first kappa shape index (κ1) is 22.4. The topological polar surface area (TPSA) is 116 Å². The molecule has 1 aliphatic heterocycles. The zero-order valence-electron chi connectivity index (χ0n) is 18.9. The van der Waals surface area contributed by atoms with E-state index in [1.807, 2.05) is 0 Å². The number of benzene rings is 1. The molecule has 0 aliphatic carbocycles. The number of carboxylic acids is 1. The summed E-state index contributed by atoms with van der Waals surface area (Å²) < 4.78 is 18.5. The van der Waals surface area contributed by atoms with Crippen LogP contribution in [0.4, 0.5) is 4.79 Å². The Labute approximate surface area is 190 Å². The van der Waals surface area contributed by atoms with E-state index in [9.17, 15) is 14.7 Å². The predicted octanol–water partition coefficient (Wildman–Crippen LogP) is 3.62. The molecule has 1 atom stereocenters. The molecular weight excluding hydrogens is 428 g/mol. The van der Waals surface area contributed by atoms with Crippen LogP contribution in [0.2, 0.25) is 0 Å². The first-order valence-electron chi connectivity index (χ1n) is 10.5. The molecule has 0 bridgehead atoms. The smallest absolute Gasteiger partial charge is 0.413 e. The van der Waals surface area contributed by atoms with Crippen molar-refractivity contribution in [3.8, 4) is 17.3 Å². The molecule has 1 fully saturated rings. The molecule has 10 heteroatoms. The Balaban J connectivity index is 1.83. The minimum atomic E-state index is -1.92. The number of carbonyl (C=O) groups excluding carboxylic acids is 1. The minimum Gasteiger partial charge on any atom is -0.497 e. The van der Waals surface area contributed by atoms with Crippen LogP contribution in [0, 0.1) is 0 Å². The summed E-state index contributed by atoms with van der Waals surface area (Å²) in [4.78, 5) is 31.2. The van der Waals surface area contributed by atoms with Crippen molar-refractivity contribution in [3.63, 3.8) is 0 Å². The van der Waals surface area contributed by atoms with Gasteiger partial charge >= 0.3 is 12.1 Å². The number of carboxylic acid groups (broad SMARTS) is 1. The molecule has 1 saturated heterocycles. The predicted molar refractivity (Wildman–Crippen MR) is 119 cm³/mol. The summed E-state index contributed by atoms with van der Waals surface area (Å²) in [5.74, 6) is -0.00291. The molecule has 4 rings (SSSR count). The number of fused-ring (bicyclic) bond motifs is 1. The van der Waals surface area contributed by atoms with Crippen LogP contribution in [0.25, 0.3) is 16.7 Å². The summed E-state index contributed by atoms with van der Waals surface area (Å²) in [6.07, 6.45) is 3.15. The van der Waals surface area contributed by atoms with Gasteiger partial charge in [-0.2, -0.15) is 5.10 Å². The first-order chi connectivity index (χ1) is 15.6. The van der Waals surface area contributed by atoms with Crippen molar-refractivity contribution in [2.45, 2.75) is 44.9 Å². The number of rotatable bonds is 5. The molecule has 1 aromatic carbocycles. The lowest BCUT2D eigenvalue weighted by atomic mass is 10.1. The van der Waals surface area contributed by atoms with Crippen LogP contribution in [0.1, 0.15) is 33.6 Å². The second-order valence-corrected chi connectivity index (χ2v) is 8.74. The van der Waals surface area contributed by atoms with Crippen LogP contribution in [0.15, 0.2) is 42.7 Å². The van der Waals surface area contributed by atoms with Crippen molar-refractivity contribution in [2.24, 2.45) is 0 Å². The quantitative estimate of drug-likeness (QED) is 0.621. The number of methoxy groups -OCH3 is 1. The molecule has 1 amide bonds. The third-order valence-electron chi connectivity index (χ3n) is 5.26. The van der Waals surface area contributed by atoms with Crippen LogP contribution in [0.5, 0.6) is 11.5 Å². The summed E-state index contributed by atoms with van der Waals surface area (Å²) in [6, 6.07) is 8.56. The van der Waals surface area contributed by atoms with Gasteiger partial charge in [-0.15, -0.1) is 0 Å². The molecule has 1 N–H and O–H groups in total. The average Bonchev–Trinajstić information content (AvgIpc) is 3.43. The van der Waals surface area contributed by atoms with Gasteiger partial charge in [-0.05, 0) is 45.4 Å². The highest BCUT2D eigenvalue weighted by atomic mass is 16.6. The van der Waals surface area contributed by atoms with Crippen molar-refractivity contribution in [1.29, 1.82) is 0 Å². The lowest BCUT2D eigenvalue weighted by molar-refractivity contribution is -0.169. The number of pyridine rings is 1. The number of hydrogen-bond acceptors (Lipinski definition) is 7. The van der Waals surface area contributed by atoms with E-state index in [0.29, 0.717) is 28.9 Å². The summed E-state index contributed by atoms with van der Waals surface area (Å²) in [5, 5.41) is 15.0. The molecule has 0 saturated carbocycles. The molecular formula is C23H26N4O6. The largest absolute Gasteiger partial charge is 0.497 e. The molecule has 10 nitrogen and oxygen atoms in total. The molecule has 0 radical (unpaired) electrons. The maximum absolute atomic E-state index is 12.9. The molecule has 2 aromatic heterocycles. The van der Waals surface area contributed by atoms with Crippen LogP contribution in [-0.4, -0.2) is 61.8 Å². The van der Waals surface area contributed by atoms with Crippen molar-refractivity contribution < 1.29 is 28.9 Å². The van der Waals surface area contributed by atoms with Crippen molar-refractivity contribution in [1.82, 2.24) is 19.7 Å². The number of amides is 1. The Kier molecular flexibility index (Phi) is 5.61. The van der Waals surface area contributed by atoms with Crippen LogP contribution >= 0.6 is 0 Å². The fraction of sp³-hybridized carbons (Fsp3) is 0.391. The Bertz CT molecular complexity index is 1190. The van der Waals surface area contributed by atoms with Gasteiger partial charge in [-0.3, -0.25) is 4.90 Å². The molecule has 0 unspecified atom stereocenters. The maximum Gasteiger partial charge on any atom is 0.413 e. The number of ether oxygens (including phenoxy) is 3. The SMILES string of the molecule is COc1ccc2c(O[C@]3(C(=O)O)CCCN3C(=O)OC(C)(C)C)cc(-n3cccn3)nc2c1. The first-order valence-corrected chi connectivity index (χ1v) is 10.5. The third-order valence-corrected chi connectivity index (χ3v) is 5.26. The number of carbonyl (C=O) groups is 2. The summed E-state index contributed by atoms with van der Waals surface area (Å²) in [5.41, 5.74) is -2.17. The zero-order chi connectivity index (χ0) is 23.8. The van der Waals surface area contributed by atoms with E-state index in [4.69, 9.17) is 14.2 Å². The molecule has 3 heterocycles. The van der Waals surface area contributed by atoms with Gasteiger partial charge in [0.25, 0.3) is 5.72 Å². The van der Waals surface area contributed by atoms with E-state index < -0.39 is 23.4 Å². The fourth-order valence-electron chi connectivity index (χ4n) is 3.80. The second-order valence-electron chi connectivity index (χ2n) is 8.74. The fourth-order valence-corrected chi connectivity index (χ4v) is 3.80. The lowest BCUT2D eigenvalue weighted by Gasteiger charge is -2.36. The van der Waals surface area contributed by atoms with Crippen LogP contribution < -0.4 is 9.47 Å². The average molecular weight is 454 g/mol. The van der Waals surface area contributed by atoms with Crippen LogP contribution in [-0.2, 0) is 9.53 Å². The van der Waals surface area contributed by atoms with E-state index >= 15 is 0 Å². The highest BCUT2D eigenvalue weighted by Gasteiger charge is 2.54. The number of hydrogen-bond donors (Lipinski definition) is 1. The number of nitrogens with zero attached hydrogens (tertiary/aromatic N) is 4. The maximum atomic E-state index is 12.9. The van der Waals surface area contributed by atoms with Crippen LogP contribution in [0.3, 0.4) is 0 Å². The van der Waals surface area contributed by atoms with E-state index in [-0.39, 0.29) is 18.7 Å². The highest BCUT2D eigenvalue weighted by Crippen LogP contribution is 2.38. The standard InChI is InChI=1S/C23H26N4O6/c1-22(2,3)33-21(30)26-11-5-9-23(26,20(28)29)32-18-14-19(27-12-6-10-24-27)25-17-13-15(31-4)7-8-16(17)18/h6-8,10,12-14H,5,9,11H2,1-4H3,(H,28,29)/t23-/m0/s1. The Morgan fingerprint density at radius 1 is 1.21 bits per heavy atom. The molecule has 33 heavy (non-hydrogen) atoms. The second kappa shape index (κ2) is 8.27. The van der Waals surface area contributed by atoms with Gasteiger partial charge in [0, 0.05) is 42.9 Å². The van der Waals surface area contributed by atoms with Gasteiger partial charge in [-0.25, -0.2) is 19.3 Å². The monoisotopic (exact) mass is 454 g/mol. The molecule has 1 aliphatic rings. The Hall–Kier alpha value is -3.82. The number of aliphatic carboxylic acids is 1. The van der Waals surface area contributed by atoms with Gasteiger partial charge in [0.15, 0.2) is 5.82 Å². The van der Waals surface area contributed by atoms with E-state index in [1.165, 1.54) is 0 Å². The summed E-state index contributed by atoms with van der Waals surface area (Å²) >= 11 is 0. The van der Waals surface area contributed by atoms with E-state index in [0.717, 1.165) is 4.90 Å². The lowest BCUT2D eigenvalue weighted by Crippen LogP contribution is -2.58. The summed E-state index contributed by atoms with van der Waals surface area (Å²) in [7, 11) is 1.55. The van der Waals surface area contributed by atoms with Crippen molar-refractivity contribution in [3.05, 3.63) is 42.7 Å². The third kappa shape index (κ3) is 4.28. The molecule has 0 spiro atoms. The summed E-state index contributed by atoms with van der Waals surface area (Å²) in [6.45, 7) is 5.38. The zero-order valence-corrected chi connectivity index (χ0v) is 18.9. The molecule has 3 aromatic rings. The van der Waals surface area contributed by atoms with Gasteiger partial charge in [-0.1, -0.05) is 0 Å². The Morgan fingerprint density at radius 2 is 2.00 bits per heavy atom. The number of aromatic nitrogens is 3. The normalized spacial score (nSPS) is 18.4. The highest BCUT2D eigenvalue weighted by molar-refractivity contribution is 5.89. The number of likely N-dealkylation sites (tertiary alicyclic amines) is 1. The van der Waals surface area contributed by atoms with Gasteiger partial charge in [0.2, 0.25) is 0 Å². The van der Waals surface area contributed by atoms with Gasteiger partial charge < -0.3 is 19.3 Å².